The fourth-order valence-electron chi connectivity index (χ4n) is 8.91. The molecule has 0 unspecified atom stereocenters. The molecule has 58 heavy (non-hydrogen) atoms. The summed E-state index contributed by atoms with van der Waals surface area (Å²) in [5.74, 6) is 0.763. The highest BCUT2D eigenvalue weighted by Crippen LogP contribution is 2.46. The number of benzene rings is 4. The molecule has 292 valence electrons. The summed E-state index contributed by atoms with van der Waals surface area (Å²) in [5, 5.41) is 11.2. The highest BCUT2D eigenvalue weighted by Gasteiger charge is 2.36. The third kappa shape index (κ3) is 6.23. The quantitative estimate of drug-likeness (QED) is 0.182. The van der Waals surface area contributed by atoms with Gasteiger partial charge in [-0.25, -0.2) is 0 Å². The zero-order chi connectivity index (χ0) is 39.5. The third-order valence-corrected chi connectivity index (χ3v) is 12.1. The average Bonchev–Trinajstić information content (AvgIpc) is 3.99. The second kappa shape index (κ2) is 14.4. The van der Waals surface area contributed by atoms with Gasteiger partial charge >= 0.3 is 0 Å². The number of carbonyl (C=O) groups is 2. The highest BCUT2D eigenvalue weighted by atomic mass is 16.7. The Labute approximate surface area is 336 Å². The van der Waals surface area contributed by atoms with E-state index in [1.54, 1.807) is 29.2 Å². The molecule has 0 aliphatic carbocycles. The lowest BCUT2D eigenvalue weighted by molar-refractivity contribution is 0.0536. The fraction of sp³-hybridized carbons (Fsp3) is 0.234. The lowest BCUT2D eigenvalue weighted by atomic mass is 9.91. The van der Waals surface area contributed by atoms with Crippen molar-refractivity contribution in [2.24, 2.45) is 7.05 Å². The van der Waals surface area contributed by atoms with Gasteiger partial charge in [0, 0.05) is 87.0 Å². The van der Waals surface area contributed by atoms with E-state index >= 15 is 9.59 Å². The summed E-state index contributed by atoms with van der Waals surface area (Å²) in [7, 11) is 4.15. The van der Waals surface area contributed by atoms with E-state index in [9.17, 15) is 5.11 Å². The number of amides is 2. The lowest BCUT2D eigenvalue weighted by Crippen LogP contribution is -2.53. The van der Waals surface area contributed by atoms with Gasteiger partial charge in [0.2, 0.25) is 6.79 Å². The summed E-state index contributed by atoms with van der Waals surface area (Å²) in [6.45, 7) is 5.21. The minimum atomic E-state index is -0.270. The van der Waals surface area contributed by atoms with E-state index in [0.717, 1.165) is 55.6 Å². The second-order valence-electron chi connectivity index (χ2n) is 15.6. The van der Waals surface area contributed by atoms with Crippen molar-refractivity contribution >= 4 is 39.6 Å². The van der Waals surface area contributed by atoms with Gasteiger partial charge in [-0.1, -0.05) is 30.3 Å². The Balaban J connectivity index is 1.10. The molecule has 6 heterocycles. The summed E-state index contributed by atoms with van der Waals surface area (Å²) in [5.41, 5.74) is 7.56. The normalized spacial score (nSPS) is 16.9. The molecule has 1 N–H and O–H groups in total. The van der Waals surface area contributed by atoms with Crippen LogP contribution in [-0.4, -0.2) is 93.2 Å². The maximum Gasteiger partial charge on any atom is 0.265 e. The van der Waals surface area contributed by atoms with E-state index in [-0.39, 0.29) is 30.4 Å². The Morgan fingerprint density at radius 2 is 1.53 bits per heavy atom. The topological polar surface area (TPSA) is 95.1 Å². The first kappa shape index (κ1) is 35.8. The van der Waals surface area contributed by atoms with E-state index in [4.69, 9.17) is 9.47 Å². The number of hydrogen-bond donors (Lipinski definition) is 1. The zero-order valence-electron chi connectivity index (χ0n) is 32.5. The smallest absolute Gasteiger partial charge is 0.265 e. The number of aryl methyl sites for hydroxylation is 1. The van der Waals surface area contributed by atoms with Crippen LogP contribution in [0.5, 0.6) is 17.2 Å². The number of fused-ring (bicyclic) bond motifs is 4. The largest absolute Gasteiger partial charge is 0.508 e. The molecule has 3 aromatic heterocycles. The number of aromatic hydroxyl groups is 1. The molecular formula is C47H44N6O5. The molecule has 1 atom stereocenters. The monoisotopic (exact) mass is 772 g/mol. The van der Waals surface area contributed by atoms with Crippen LogP contribution < -0.4 is 14.4 Å². The van der Waals surface area contributed by atoms with Gasteiger partial charge in [0.1, 0.15) is 5.75 Å². The first-order valence-electron chi connectivity index (χ1n) is 19.8. The number of piperazine rings is 1. The van der Waals surface area contributed by atoms with E-state index in [1.807, 2.05) is 100 Å². The second-order valence-corrected chi connectivity index (χ2v) is 15.6. The standard InChI is InChI=1S/C47H44N6O5/c1-48-21-23-50(24-22-48)29-36-25-31-7-3-4-8-33(31)28-52(36)46(55)38-15-17-43-45(58-30-57-43)44(38)42-27-39(41-9-5-6-19-51(41)42)47(56)53(34-10-13-37(54)14-11-34)35-12-16-40-32(26-35)18-20-49(40)2/h3-20,26-27,36,54H,21-25,28-30H2,1-2H3/t36-/m0/s1. The predicted octanol–water partition coefficient (Wildman–Crippen LogP) is 7.33. The number of hydrogen-bond acceptors (Lipinski definition) is 7. The number of carbonyl (C=O) groups excluding carboxylic acids is 2. The number of phenolic OH excluding ortho intramolecular Hbond substituents is 1. The van der Waals surface area contributed by atoms with E-state index in [1.165, 1.54) is 5.56 Å². The molecule has 0 spiro atoms. The Hall–Kier alpha value is -6.56. The number of nitrogens with zero attached hydrogens (tertiary/aromatic N) is 6. The van der Waals surface area contributed by atoms with Gasteiger partial charge in [-0.3, -0.25) is 19.4 Å². The van der Waals surface area contributed by atoms with E-state index in [0.29, 0.717) is 57.3 Å². The Bertz CT molecular complexity index is 2710. The van der Waals surface area contributed by atoms with E-state index < -0.39 is 0 Å². The number of aromatic nitrogens is 2. The number of rotatable bonds is 7. The molecule has 10 rings (SSSR count). The molecule has 0 saturated carbocycles. The van der Waals surface area contributed by atoms with Crippen LogP contribution in [0.25, 0.3) is 27.7 Å². The third-order valence-electron chi connectivity index (χ3n) is 12.1. The van der Waals surface area contributed by atoms with Gasteiger partial charge in [0.05, 0.1) is 27.9 Å². The van der Waals surface area contributed by atoms with Crippen LogP contribution in [0, 0.1) is 0 Å². The molecule has 0 radical (unpaired) electrons. The summed E-state index contributed by atoms with van der Waals surface area (Å²) in [6.07, 6.45) is 4.68. The summed E-state index contributed by atoms with van der Waals surface area (Å²) in [4.78, 5) is 39.0. The number of ether oxygens (including phenoxy) is 2. The first-order chi connectivity index (χ1) is 28.3. The van der Waals surface area contributed by atoms with Crippen molar-refractivity contribution in [3.05, 3.63) is 144 Å². The van der Waals surface area contributed by atoms with Gasteiger partial charge in [-0.2, -0.15) is 0 Å². The number of likely N-dealkylation sites (N-methyl/N-ethyl adjacent to an activating group) is 1. The van der Waals surface area contributed by atoms with Crippen molar-refractivity contribution in [1.29, 1.82) is 0 Å². The minimum Gasteiger partial charge on any atom is -0.508 e. The van der Waals surface area contributed by atoms with Crippen molar-refractivity contribution < 1.29 is 24.2 Å². The van der Waals surface area contributed by atoms with Gasteiger partial charge in [-0.15, -0.1) is 0 Å². The van der Waals surface area contributed by atoms with Crippen LogP contribution in [0.15, 0.2) is 122 Å². The zero-order valence-corrected chi connectivity index (χ0v) is 32.5. The number of anilines is 2. The lowest BCUT2D eigenvalue weighted by Gasteiger charge is -2.41. The van der Waals surface area contributed by atoms with Crippen LogP contribution in [0.3, 0.4) is 0 Å². The molecule has 4 aromatic carbocycles. The Morgan fingerprint density at radius 1 is 0.759 bits per heavy atom. The summed E-state index contributed by atoms with van der Waals surface area (Å²) in [6, 6.07) is 34.3. The van der Waals surface area contributed by atoms with Gasteiger partial charge in [0.25, 0.3) is 11.8 Å². The first-order valence-corrected chi connectivity index (χ1v) is 19.8. The molecule has 3 aliphatic heterocycles. The molecule has 3 aliphatic rings. The highest BCUT2D eigenvalue weighted by molar-refractivity contribution is 6.16. The molecule has 0 bridgehead atoms. The number of phenols is 1. The van der Waals surface area contributed by atoms with Gasteiger partial charge in [0.15, 0.2) is 11.5 Å². The molecule has 11 nitrogen and oxygen atoms in total. The molecule has 2 amide bonds. The summed E-state index contributed by atoms with van der Waals surface area (Å²) < 4.78 is 16.1. The molecular weight excluding hydrogens is 729 g/mol. The predicted molar refractivity (Wildman–Crippen MR) is 224 cm³/mol. The minimum absolute atomic E-state index is 0.0226. The van der Waals surface area contributed by atoms with Crippen molar-refractivity contribution in [3.63, 3.8) is 0 Å². The van der Waals surface area contributed by atoms with Gasteiger partial charge < -0.3 is 33.3 Å². The SMILES string of the molecule is CN1CCN(C[C@@H]2Cc3ccccc3CN2C(=O)c2ccc3c(c2-c2cc(C(=O)N(c4ccc(O)cc4)c4ccc5c(ccn5C)c4)c4ccccn24)OCO3)CC1. The van der Waals surface area contributed by atoms with E-state index in [2.05, 4.69) is 35.0 Å². The van der Waals surface area contributed by atoms with Crippen LogP contribution in [0.1, 0.15) is 31.8 Å². The van der Waals surface area contributed by atoms with Crippen LogP contribution >= 0.6 is 0 Å². The molecule has 1 fully saturated rings. The van der Waals surface area contributed by atoms with Crippen molar-refractivity contribution in [1.82, 2.24) is 23.7 Å². The average molecular weight is 773 g/mol. The number of pyridine rings is 1. The Morgan fingerprint density at radius 3 is 2.36 bits per heavy atom. The summed E-state index contributed by atoms with van der Waals surface area (Å²) >= 11 is 0. The van der Waals surface area contributed by atoms with Crippen LogP contribution in [0.4, 0.5) is 11.4 Å². The van der Waals surface area contributed by atoms with Gasteiger partial charge in [-0.05, 0) is 103 Å². The maximum absolute atomic E-state index is 15.3. The molecule has 1 saturated heterocycles. The Kier molecular flexibility index (Phi) is 8.91. The molecule has 11 heteroatoms. The van der Waals surface area contributed by atoms with Crippen LogP contribution in [-0.2, 0) is 20.0 Å². The van der Waals surface area contributed by atoms with Crippen LogP contribution in [0.2, 0.25) is 0 Å². The fourth-order valence-corrected chi connectivity index (χ4v) is 8.91. The molecule has 7 aromatic rings. The maximum atomic E-state index is 15.3. The van der Waals surface area contributed by atoms with Crippen molar-refractivity contribution in [2.75, 3.05) is 51.5 Å². The van der Waals surface area contributed by atoms with Crippen molar-refractivity contribution in [2.45, 2.75) is 19.0 Å². The van der Waals surface area contributed by atoms with Crippen molar-refractivity contribution in [3.8, 4) is 28.5 Å².